The smallest absolute Gasteiger partial charge is 0.139 e. The molecule has 1 fully saturated rings. The minimum atomic E-state index is 0.454. The van der Waals surface area contributed by atoms with Crippen molar-refractivity contribution in [3.05, 3.63) is 66.4 Å². The molecule has 0 unspecified atom stereocenters. The molecule has 1 aliphatic heterocycles. The van der Waals surface area contributed by atoms with Crippen LogP contribution in [-0.2, 0) is 6.54 Å². The lowest BCUT2D eigenvalue weighted by Gasteiger charge is -2.37. The normalized spacial score (nSPS) is 18.8. The Bertz CT molecular complexity index is 1200. The Morgan fingerprint density at radius 3 is 2.69 bits per heavy atom. The van der Waals surface area contributed by atoms with Crippen molar-refractivity contribution in [2.24, 2.45) is 0 Å². The topological polar surface area (TPSA) is 81.8 Å². The van der Waals surface area contributed by atoms with Crippen molar-refractivity contribution in [3.8, 4) is 11.1 Å². The predicted octanol–water partition coefficient (Wildman–Crippen LogP) is 4.13. The zero-order chi connectivity index (χ0) is 22.1. The Balaban J connectivity index is 1.39. The van der Waals surface area contributed by atoms with Crippen molar-refractivity contribution in [2.75, 3.05) is 23.3 Å². The van der Waals surface area contributed by atoms with Crippen LogP contribution in [0.1, 0.15) is 25.2 Å². The molecule has 5 rings (SSSR count). The summed E-state index contributed by atoms with van der Waals surface area (Å²) in [6.07, 6.45) is 5.74. The van der Waals surface area contributed by atoms with Gasteiger partial charge < -0.3 is 20.5 Å². The summed E-state index contributed by atoms with van der Waals surface area (Å²) < 4.78 is 0. The van der Waals surface area contributed by atoms with E-state index < -0.39 is 0 Å². The maximum atomic E-state index is 4.94. The molecule has 1 aliphatic rings. The quantitative estimate of drug-likeness (QED) is 0.444. The van der Waals surface area contributed by atoms with E-state index in [1.165, 1.54) is 0 Å². The first-order valence-electron chi connectivity index (χ1n) is 11.2. The molecule has 2 atom stereocenters. The Hall–Kier alpha value is -3.45. The van der Waals surface area contributed by atoms with Crippen LogP contribution in [0.5, 0.6) is 0 Å². The molecule has 0 aromatic carbocycles. The van der Waals surface area contributed by atoms with E-state index in [9.17, 15) is 0 Å². The summed E-state index contributed by atoms with van der Waals surface area (Å²) in [6.45, 7) is 9.02. The fourth-order valence-corrected chi connectivity index (χ4v) is 4.50. The molecule has 3 N–H and O–H groups in total. The van der Waals surface area contributed by atoms with Crippen molar-refractivity contribution in [1.82, 2.24) is 25.3 Å². The molecule has 7 nitrogen and oxygen atoms in total. The van der Waals surface area contributed by atoms with Crippen LogP contribution in [0.3, 0.4) is 0 Å². The maximum absolute atomic E-state index is 4.94. The van der Waals surface area contributed by atoms with Crippen molar-refractivity contribution < 1.29 is 0 Å². The van der Waals surface area contributed by atoms with Gasteiger partial charge in [-0.3, -0.25) is 4.98 Å². The molecule has 164 valence electrons. The molecule has 4 aromatic rings. The number of nitrogens with zero attached hydrogens (tertiary/aromatic N) is 4. The number of fused-ring (bicyclic) bond motifs is 1. The average Bonchev–Trinajstić information content (AvgIpc) is 3.23. The minimum Gasteiger partial charge on any atom is -0.379 e. The van der Waals surface area contributed by atoms with Crippen LogP contribution in [0.2, 0.25) is 0 Å². The number of aryl methyl sites for hydroxylation is 1. The highest BCUT2D eigenvalue weighted by molar-refractivity contribution is 6.02. The number of H-pyrrole nitrogens is 1. The molecular weight excluding hydrogens is 398 g/mol. The second-order valence-electron chi connectivity index (χ2n) is 8.69. The Kier molecular flexibility index (Phi) is 5.49. The molecule has 5 heterocycles. The van der Waals surface area contributed by atoms with Crippen LogP contribution >= 0.6 is 0 Å². The highest BCUT2D eigenvalue weighted by atomic mass is 15.3. The molecular formula is C25H29N7. The van der Waals surface area contributed by atoms with Crippen LogP contribution in [0.4, 0.5) is 11.5 Å². The molecule has 0 radical (unpaired) electrons. The van der Waals surface area contributed by atoms with Crippen molar-refractivity contribution in [1.29, 1.82) is 0 Å². The van der Waals surface area contributed by atoms with Crippen molar-refractivity contribution in [3.63, 3.8) is 0 Å². The van der Waals surface area contributed by atoms with E-state index in [4.69, 9.17) is 4.98 Å². The second kappa shape index (κ2) is 8.59. The number of hydrogen-bond donors (Lipinski definition) is 3. The Labute approximate surface area is 188 Å². The largest absolute Gasteiger partial charge is 0.379 e. The van der Waals surface area contributed by atoms with Crippen LogP contribution in [-0.4, -0.2) is 45.1 Å². The number of pyridine rings is 3. The van der Waals surface area contributed by atoms with Gasteiger partial charge in [-0.25, -0.2) is 9.97 Å². The van der Waals surface area contributed by atoms with E-state index >= 15 is 0 Å². The van der Waals surface area contributed by atoms with Gasteiger partial charge in [-0.1, -0.05) is 12.1 Å². The molecule has 0 bridgehead atoms. The zero-order valence-corrected chi connectivity index (χ0v) is 18.8. The number of hydrogen-bond acceptors (Lipinski definition) is 6. The molecule has 0 amide bonds. The summed E-state index contributed by atoms with van der Waals surface area (Å²) in [5.74, 6) is 1.04. The first kappa shape index (κ1) is 20.5. The summed E-state index contributed by atoms with van der Waals surface area (Å²) in [5, 5.41) is 8.24. The van der Waals surface area contributed by atoms with Gasteiger partial charge in [-0.05, 0) is 45.0 Å². The van der Waals surface area contributed by atoms with E-state index in [1.807, 2.05) is 37.6 Å². The summed E-state index contributed by atoms with van der Waals surface area (Å²) in [7, 11) is 0. The summed E-state index contributed by atoms with van der Waals surface area (Å²) in [6, 6.07) is 13.3. The second-order valence-corrected chi connectivity index (χ2v) is 8.69. The average molecular weight is 428 g/mol. The first-order chi connectivity index (χ1) is 15.6. The Morgan fingerprint density at radius 1 is 1.06 bits per heavy atom. The number of anilines is 2. The van der Waals surface area contributed by atoms with Crippen LogP contribution in [0.25, 0.3) is 22.2 Å². The molecule has 32 heavy (non-hydrogen) atoms. The monoisotopic (exact) mass is 427 g/mol. The molecule has 0 aliphatic carbocycles. The highest BCUT2D eigenvalue weighted by Gasteiger charge is 2.22. The van der Waals surface area contributed by atoms with Gasteiger partial charge in [0.25, 0.3) is 0 Å². The van der Waals surface area contributed by atoms with E-state index in [2.05, 4.69) is 68.6 Å². The molecule has 0 spiro atoms. The third-order valence-electron chi connectivity index (χ3n) is 5.93. The van der Waals surface area contributed by atoms with Gasteiger partial charge in [-0.15, -0.1) is 0 Å². The first-order valence-corrected chi connectivity index (χ1v) is 11.2. The SMILES string of the molecule is Cc1ccc(-c2c[nH]c3nccc(NCc4cccc(N5C[C@@H](C)N[C@@H](C)C5)n4)c23)cn1. The molecule has 0 saturated carbocycles. The zero-order valence-electron chi connectivity index (χ0n) is 18.8. The predicted molar refractivity (Wildman–Crippen MR) is 130 cm³/mol. The van der Waals surface area contributed by atoms with Gasteiger partial charge in [0.1, 0.15) is 11.5 Å². The third-order valence-corrected chi connectivity index (χ3v) is 5.93. The van der Waals surface area contributed by atoms with E-state index in [0.717, 1.165) is 58.1 Å². The van der Waals surface area contributed by atoms with Crippen molar-refractivity contribution in [2.45, 2.75) is 39.4 Å². The lowest BCUT2D eigenvalue weighted by molar-refractivity contribution is 0.405. The van der Waals surface area contributed by atoms with E-state index in [-0.39, 0.29) is 0 Å². The molecule has 1 saturated heterocycles. The van der Waals surface area contributed by atoms with Gasteiger partial charge in [0.05, 0.1) is 12.2 Å². The maximum Gasteiger partial charge on any atom is 0.139 e. The van der Waals surface area contributed by atoms with Crippen molar-refractivity contribution >= 4 is 22.5 Å². The number of rotatable bonds is 5. The number of piperazine rings is 1. The van der Waals surface area contributed by atoms with Crippen LogP contribution in [0, 0.1) is 6.92 Å². The van der Waals surface area contributed by atoms with Gasteiger partial charge in [-0.2, -0.15) is 0 Å². The number of aromatic nitrogens is 4. The van der Waals surface area contributed by atoms with Gasteiger partial charge in [0.2, 0.25) is 0 Å². The standard InChI is InChI=1S/C25H29N7/c1-16-7-8-19(11-27-16)21-13-29-25-24(21)22(9-10-26-25)28-12-20-5-4-6-23(31-20)32-14-17(2)30-18(3)15-32/h4-11,13,17-18,30H,12,14-15H2,1-3H3,(H2,26,28,29)/t17-,18+. The number of nitrogens with one attached hydrogen (secondary N) is 3. The van der Waals surface area contributed by atoms with E-state index in [1.54, 1.807) is 0 Å². The summed E-state index contributed by atoms with van der Waals surface area (Å²) in [4.78, 5) is 19.6. The summed E-state index contributed by atoms with van der Waals surface area (Å²) in [5.41, 5.74) is 6.07. The molecule has 7 heteroatoms. The van der Waals surface area contributed by atoms with Gasteiger partial charge in [0, 0.05) is 71.7 Å². The lowest BCUT2D eigenvalue weighted by Crippen LogP contribution is -2.54. The minimum absolute atomic E-state index is 0.454. The highest BCUT2D eigenvalue weighted by Crippen LogP contribution is 2.33. The fraction of sp³-hybridized carbons (Fsp3) is 0.320. The van der Waals surface area contributed by atoms with Gasteiger partial charge >= 0.3 is 0 Å². The van der Waals surface area contributed by atoms with Crippen LogP contribution < -0.4 is 15.5 Å². The lowest BCUT2D eigenvalue weighted by atomic mass is 10.1. The fourth-order valence-electron chi connectivity index (χ4n) is 4.50. The summed E-state index contributed by atoms with van der Waals surface area (Å²) >= 11 is 0. The number of aromatic amines is 1. The van der Waals surface area contributed by atoms with E-state index in [0.29, 0.717) is 18.6 Å². The van der Waals surface area contributed by atoms with Crippen LogP contribution in [0.15, 0.2) is 55.0 Å². The van der Waals surface area contributed by atoms with Gasteiger partial charge in [0.15, 0.2) is 0 Å². The Morgan fingerprint density at radius 2 is 1.91 bits per heavy atom. The molecule has 4 aromatic heterocycles. The third kappa shape index (κ3) is 4.16.